The van der Waals surface area contributed by atoms with Gasteiger partial charge >= 0.3 is 5.97 Å². The van der Waals surface area contributed by atoms with E-state index in [1.54, 1.807) is 0 Å². The highest BCUT2D eigenvalue weighted by Crippen LogP contribution is 2.36. The number of rotatable bonds is 5. The maximum atomic E-state index is 13.0. The van der Waals surface area contributed by atoms with Gasteiger partial charge in [-0.05, 0) is 11.6 Å². The van der Waals surface area contributed by atoms with Gasteiger partial charge in [-0.2, -0.15) is 0 Å². The van der Waals surface area contributed by atoms with Crippen LogP contribution in [0.2, 0.25) is 5.02 Å². The van der Waals surface area contributed by atoms with Gasteiger partial charge < -0.3 is 9.64 Å². The van der Waals surface area contributed by atoms with E-state index in [4.69, 9.17) is 16.3 Å². The normalized spacial score (nSPS) is 10.6. The molecule has 1 heterocycles. The first kappa shape index (κ1) is 17.5. The van der Waals surface area contributed by atoms with E-state index in [0.717, 1.165) is 15.6 Å². The predicted molar refractivity (Wildman–Crippen MR) is 100 cm³/mol. The molecule has 3 rings (SSSR count). The molecule has 0 aliphatic heterocycles. The van der Waals surface area contributed by atoms with Gasteiger partial charge in [0.05, 0.1) is 12.1 Å². The molecule has 0 N–H and O–H groups in total. The topological polar surface area (TPSA) is 46.6 Å². The second-order valence-electron chi connectivity index (χ2n) is 5.46. The van der Waals surface area contributed by atoms with E-state index in [2.05, 4.69) is 0 Å². The molecule has 4 nitrogen and oxygen atoms in total. The van der Waals surface area contributed by atoms with E-state index >= 15 is 0 Å². The molecule has 0 atom stereocenters. The number of hydrogen-bond donors (Lipinski definition) is 0. The van der Waals surface area contributed by atoms with Crippen molar-refractivity contribution >= 4 is 44.9 Å². The molecule has 0 bridgehead atoms. The molecule has 0 unspecified atom stereocenters. The van der Waals surface area contributed by atoms with Crippen molar-refractivity contribution in [2.24, 2.45) is 0 Å². The average molecular weight is 374 g/mol. The van der Waals surface area contributed by atoms with Gasteiger partial charge in [-0.25, -0.2) is 0 Å². The second-order valence-corrected chi connectivity index (χ2v) is 6.89. The number of thiophene rings is 1. The zero-order valence-corrected chi connectivity index (χ0v) is 15.1. The number of hydrogen-bond acceptors (Lipinski definition) is 4. The van der Waals surface area contributed by atoms with Crippen LogP contribution in [0.15, 0.2) is 54.6 Å². The molecular formula is C19H16ClNO3S. The van der Waals surface area contributed by atoms with Gasteiger partial charge in [0.15, 0.2) is 0 Å². The Hall–Kier alpha value is -2.37. The monoisotopic (exact) mass is 373 g/mol. The lowest BCUT2D eigenvalue weighted by atomic mass is 10.2. The van der Waals surface area contributed by atoms with Crippen LogP contribution in [0.3, 0.4) is 0 Å². The Bertz CT molecular complexity index is 907. The number of fused-ring (bicyclic) bond motifs is 1. The Labute approximate surface area is 154 Å². The molecular weight excluding hydrogens is 358 g/mol. The van der Waals surface area contributed by atoms with Crippen molar-refractivity contribution in [1.29, 1.82) is 0 Å². The standard InChI is InChI=1S/C19H16ClNO3S/c1-24-16(22)12-21(11-13-7-3-2-4-8-13)19(23)18-17(20)14-9-5-6-10-15(14)25-18/h2-10H,11-12H2,1H3. The fraction of sp³-hybridized carbons (Fsp3) is 0.158. The number of methoxy groups -OCH3 is 1. The summed E-state index contributed by atoms with van der Waals surface area (Å²) in [5, 5.41) is 1.27. The van der Waals surface area contributed by atoms with E-state index in [9.17, 15) is 9.59 Å². The zero-order chi connectivity index (χ0) is 17.8. The molecule has 1 aromatic heterocycles. The summed E-state index contributed by atoms with van der Waals surface area (Å²) < 4.78 is 5.67. The van der Waals surface area contributed by atoms with Crippen LogP contribution in [0.5, 0.6) is 0 Å². The Morgan fingerprint density at radius 3 is 2.44 bits per heavy atom. The fourth-order valence-electron chi connectivity index (χ4n) is 2.52. The van der Waals surface area contributed by atoms with Crippen LogP contribution in [0.4, 0.5) is 0 Å². The van der Waals surface area contributed by atoms with Crippen LogP contribution < -0.4 is 0 Å². The number of nitrogens with zero attached hydrogens (tertiary/aromatic N) is 1. The van der Waals surface area contributed by atoms with Crippen molar-refractivity contribution in [3.63, 3.8) is 0 Å². The molecule has 2 aromatic carbocycles. The molecule has 0 radical (unpaired) electrons. The Kier molecular flexibility index (Phi) is 5.36. The van der Waals surface area contributed by atoms with Gasteiger partial charge in [-0.15, -0.1) is 11.3 Å². The Morgan fingerprint density at radius 2 is 1.76 bits per heavy atom. The Balaban J connectivity index is 1.94. The third-order valence-corrected chi connectivity index (χ3v) is 5.44. The summed E-state index contributed by atoms with van der Waals surface area (Å²) in [5.41, 5.74) is 0.928. The number of amides is 1. The molecule has 1 amide bonds. The predicted octanol–water partition coefficient (Wildman–Crippen LogP) is 4.37. The second kappa shape index (κ2) is 7.68. The lowest BCUT2D eigenvalue weighted by Crippen LogP contribution is -2.35. The molecule has 128 valence electrons. The first-order chi connectivity index (χ1) is 12.1. The first-order valence-corrected chi connectivity index (χ1v) is 8.86. The van der Waals surface area contributed by atoms with Crippen LogP contribution in [0.25, 0.3) is 10.1 Å². The smallest absolute Gasteiger partial charge is 0.325 e. The Morgan fingerprint density at radius 1 is 1.08 bits per heavy atom. The third kappa shape index (κ3) is 3.83. The van der Waals surface area contributed by atoms with Crippen LogP contribution in [0.1, 0.15) is 15.2 Å². The van der Waals surface area contributed by atoms with Gasteiger partial charge in [0.1, 0.15) is 11.4 Å². The van der Waals surface area contributed by atoms with E-state index in [-0.39, 0.29) is 12.5 Å². The molecule has 0 saturated carbocycles. The number of esters is 1. The maximum Gasteiger partial charge on any atom is 0.325 e. The van der Waals surface area contributed by atoms with Crippen LogP contribution in [0, 0.1) is 0 Å². The fourth-order valence-corrected chi connectivity index (χ4v) is 4.00. The lowest BCUT2D eigenvalue weighted by Gasteiger charge is -2.21. The van der Waals surface area contributed by atoms with E-state index in [1.807, 2.05) is 54.6 Å². The van der Waals surface area contributed by atoms with Crippen molar-refractivity contribution in [3.8, 4) is 0 Å². The summed E-state index contributed by atoms with van der Waals surface area (Å²) in [6.45, 7) is 0.175. The van der Waals surface area contributed by atoms with E-state index in [0.29, 0.717) is 16.4 Å². The minimum absolute atomic E-state index is 0.130. The van der Waals surface area contributed by atoms with Gasteiger partial charge in [-0.3, -0.25) is 9.59 Å². The molecule has 6 heteroatoms. The van der Waals surface area contributed by atoms with Crippen LogP contribution in [-0.2, 0) is 16.1 Å². The maximum absolute atomic E-state index is 13.0. The van der Waals surface area contributed by atoms with Crippen molar-refractivity contribution in [2.45, 2.75) is 6.54 Å². The molecule has 3 aromatic rings. The molecule has 0 fully saturated rings. The molecule has 0 saturated heterocycles. The summed E-state index contributed by atoms with van der Waals surface area (Å²) in [6, 6.07) is 17.1. The van der Waals surface area contributed by atoms with E-state index < -0.39 is 5.97 Å². The zero-order valence-electron chi connectivity index (χ0n) is 13.6. The van der Waals surface area contributed by atoms with E-state index in [1.165, 1.54) is 23.3 Å². The van der Waals surface area contributed by atoms with Gasteiger partial charge in [0.25, 0.3) is 5.91 Å². The molecule has 0 spiro atoms. The number of carbonyl (C=O) groups excluding carboxylic acids is 2. The molecule has 0 aliphatic carbocycles. The summed E-state index contributed by atoms with van der Waals surface area (Å²) in [4.78, 5) is 26.7. The minimum Gasteiger partial charge on any atom is -0.468 e. The largest absolute Gasteiger partial charge is 0.468 e. The number of carbonyl (C=O) groups is 2. The first-order valence-electron chi connectivity index (χ1n) is 7.67. The molecule has 0 aliphatic rings. The summed E-state index contributed by atoms with van der Waals surface area (Å²) >= 11 is 7.75. The highest BCUT2D eigenvalue weighted by Gasteiger charge is 2.24. The quantitative estimate of drug-likeness (QED) is 0.624. The van der Waals surface area contributed by atoms with Crippen LogP contribution >= 0.6 is 22.9 Å². The third-order valence-electron chi connectivity index (χ3n) is 3.78. The lowest BCUT2D eigenvalue weighted by molar-refractivity contribution is -0.141. The van der Waals surface area contributed by atoms with Crippen molar-refractivity contribution in [3.05, 3.63) is 70.1 Å². The molecule has 25 heavy (non-hydrogen) atoms. The van der Waals surface area contributed by atoms with Gasteiger partial charge in [-0.1, -0.05) is 60.1 Å². The summed E-state index contributed by atoms with van der Waals surface area (Å²) in [5.74, 6) is -0.748. The summed E-state index contributed by atoms with van der Waals surface area (Å²) in [6.07, 6.45) is 0. The average Bonchev–Trinajstić information content (AvgIpc) is 2.98. The van der Waals surface area contributed by atoms with Crippen molar-refractivity contribution in [1.82, 2.24) is 4.90 Å². The van der Waals surface area contributed by atoms with Crippen molar-refractivity contribution < 1.29 is 14.3 Å². The van der Waals surface area contributed by atoms with Crippen molar-refractivity contribution in [2.75, 3.05) is 13.7 Å². The van der Waals surface area contributed by atoms with Crippen LogP contribution in [-0.4, -0.2) is 30.4 Å². The number of halogens is 1. The van der Waals surface area contributed by atoms with Gasteiger partial charge in [0, 0.05) is 16.6 Å². The van der Waals surface area contributed by atoms with Gasteiger partial charge in [0.2, 0.25) is 0 Å². The SMILES string of the molecule is COC(=O)CN(Cc1ccccc1)C(=O)c1sc2ccccc2c1Cl. The summed E-state index contributed by atoms with van der Waals surface area (Å²) in [7, 11) is 1.31. The highest BCUT2D eigenvalue weighted by molar-refractivity contribution is 7.21. The highest BCUT2D eigenvalue weighted by atomic mass is 35.5. The number of ether oxygens (including phenoxy) is 1. The minimum atomic E-state index is -0.471. The number of benzene rings is 2.